The summed E-state index contributed by atoms with van der Waals surface area (Å²) in [6.07, 6.45) is 7.52. The Morgan fingerprint density at radius 2 is 1.79 bits per heavy atom. The fourth-order valence-electron chi connectivity index (χ4n) is 6.03. The summed E-state index contributed by atoms with van der Waals surface area (Å²) < 4.78 is 5.60. The third kappa shape index (κ3) is 8.07. The minimum atomic E-state index is -0.133. The van der Waals surface area contributed by atoms with Gasteiger partial charge in [0.25, 0.3) is 5.56 Å². The van der Waals surface area contributed by atoms with Gasteiger partial charge in [0.1, 0.15) is 0 Å². The number of pyridine rings is 2. The van der Waals surface area contributed by atoms with E-state index in [1.165, 1.54) is 59.6 Å². The van der Waals surface area contributed by atoms with E-state index in [4.69, 9.17) is 9.72 Å². The van der Waals surface area contributed by atoms with Crippen molar-refractivity contribution in [1.29, 1.82) is 0 Å². The third-order valence-corrected chi connectivity index (χ3v) is 8.52. The van der Waals surface area contributed by atoms with Gasteiger partial charge in [0, 0.05) is 67.6 Å². The summed E-state index contributed by atoms with van der Waals surface area (Å²) in [4.78, 5) is 33.9. The number of carbonyl (C=O) groups excluding carboxylic acids is 1. The molecule has 2 N–H and O–H groups in total. The molecule has 0 radical (unpaired) electrons. The van der Waals surface area contributed by atoms with Crippen LogP contribution in [0.5, 0.6) is 0 Å². The van der Waals surface area contributed by atoms with Crippen molar-refractivity contribution in [3.63, 3.8) is 0 Å². The molecule has 2 fully saturated rings. The Hall–Kier alpha value is -3.49. The van der Waals surface area contributed by atoms with Gasteiger partial charge in [-0.3, -0.25) is 19.5 Å². The van der Waals surface area contributed by atoms with E-state index in [1.807, 2.05) is 19.9 Å². The number of rotatable bonds is 9. The van der Waals surface area contributed by atoms with Crippen LogP contribution in [0, 0.1) is 27.7 Å². The number of nitrogens with zero attached hydrogens (tertiary/aromatic N) is 3. The molecule has 2 aliphatic rings. The Balaban J connectivity index is 0.000000262. The van der Waals surface area contributed by atoms with E-state index in [1.54, 1.807) is 0 Å². The fourth-order valence-corrected chi connectivity index (χ4v) is 6.03. The quantitative estimate of drug-likeness (QED) is 0.342. The number of hydrogen-bond donors (Lipinski definition) is 2. The van der Waals surface area contributed by atoms with Crippen LogP contribution in [0.25, 0.3) is 11.1 Å². The highest BCUT2D eigenvalue weighted by Crippen LogP contribution is 2.33. The molecule has 0 atom stereocenters. The van der Waals surface area contributed by atoms with Crippen molar-refractivity contribution in [2.75, 3.05) is 37.7 Å². The number of ether oxygens (including phenoxy) is 1. The van der Waals surface area contributed by atoms with Crippen LogP contribution in [0.4, 0.5) is 5.69 Å². The molecule has 0 spiro atoms. The van der Waals surface area contributed by atoms with Crippen LogP contribution in [-0.2, 0) is 22.6 Å². The van der Waals surface area contributed by atoms with Crippen LogP contribution in [0.15, 0.2) is 41.3 Å². The highest BCUT2D eigenvalue weighted by atomic mass is 16.5. The molecule has 2 aliphatic heterocycles. The summed E-state index contributed by atoms with van der Waals surface area (Å²) in [6.45, 7) is 16.9. The highest BCUT2D eigenvalue weighted by molar-refractivity contribution is 5.72. The second kappa shape index (κ2) is 15.1. The molecule has 4 heterocycles. The van der Waals surface area contributed by atoms with Crippen molar-refractivity contribution in [2.45, 2.75) is 79.4 Å². The maximum absolute atomic E-state index is 11.4. The number of amides is 1. The van der Waals surface area contributed by atoms with Crippen molar-refractivity contribution in [2.24, 2.45) is 0 Å². The number of anilines is 1. The molecule has 8 heteroatoms. The Kier molecular flexibility index (Phi) is 11.3. The number of carbonyl (C=O) groups is 1. The number of aromatic nitrogens is 2. The minimum Gasteiger partial charge on any atom is -0.381 e. The van der Waals surface area contributed by atoms with Gasteiger partial charge in [0.05, 0.1) is 5.69 Å². The highest BCUT2D eigenvalue weighted by Gasteiger charge is 2.23. The standard InChI is InChI=1S/C25H35N3O.C9H12N2O2/c1-4-28(24-9-13-29-14-10-24)25-16-22(15-19(2)20(25)3)21-7-8-23(26-17-21)18-27-11-5-6-12-27;1-6-3-7(2)11-9(13)8(6)4-10-5-12/h7-8,15-17,24H,4-6,9-14,18H2,1-3H3;3,5H,4H2,1-2H3,(H,10,12)(H,11,13). The molecule has 5 rings (SSSR count). The van der Waals surface area contributed by atoms with E-state index >= 15 is 0 Å². The number of aromatic amines is 1. The topological polar surface area (TPSA) is 90.6 Å². The lowest BCUT2D eigenvalue weighted by Gasteiger charge is -2.37. The Morgan fingerprint density at radius 1 is 1.05 bits per heavy atom. The van der Waals surface area contributed by atoms with Crippen molar-refractivity contribution in [1.82, 2.24) is 20.2 Å². The number of benzene rings is 1. The van der Waals surface area contributed by atoms with Gasteiger partial charge >= 0.3 is 0 Å². The fraction of sp³-hybridized carbons (Fsp3) is 0.500. The SMILES string of the molecule is CCN(c1cc(-c2ccc(CN3CCCC3)nc2)cc(C)c1C)C1CCOCC1.Cc1cc(C)c(CNC=O)c(=O)[nH]1. The lowest BCUT2D eigenvalue weighted by molar-refractivity contribution is -0.109. The second-order valence-electron chi connectivity index (χ2n) is 11.5. The van der Waals surface area contributed by atoms with Crippen LogP contribution in [0.1, 0.15) is 66.2 Å². The molecule has 1 aromatic carbocycles. The molecule has 0 saturated carbocycles. The van der Waals surface area contributed by atoms with E-state index in [2.05, 4.69) is 71.3 Å². The smallest absolute Gasteiger partial charge is 0.253 e. The van der Waals surface area contributed by atoms with E-state index in [0.717, 1.165) is 50.4 Å². The number of likely N-dealkylation sites (tertiary alicyclic amines) is 1. The monoisotopic (exact) mass is 573 g/mol. The first kappa shape index (κ1) is 31.4. The van der Waals surface area contributed by atoms with Crippen molar-refractivity contribution in [3.05, 3.63) is 80.5 Å². The average Bonchev–Trinajstić information content (AvgIpc) is 3.49. The van der Waals surface area contributed by atoms with Gasteiger partial charge in [-0.15, -0.1) is 0 Å². The summed E-state index contributed by atoms with van der Waals surface area (Å²) in [7, 11) is 0. The summed E-state index contributed by atoms with van der Waals surface area (Å²) in [5.74, 6) is 0. The Morgan fingerprint density at radius 3 is 2.40 bits per heavy atom. The van der Waals surface area contributed by atoms with Crippen LogP contribution in [0.2, 0.25) is 0 Å². The van der Waals surface area contributed by atoms with Gasteiger partial charge in [-0.2, -0.15) is 0 Å². The maximum atomic E-state index is 11.4. The van der Waals surface area contributed by atoms with E-state index in [-0.39, 0.29) is 12.1 Å². The molecule has 42 heavy (non-hydrogen) atoms. The molecule has 3 aromatic rings. The molecular formula is C34H47N5O3. The molecule has 0 aliphatic carbocycles. The average molecular weight is 574 g/mol. The number of aryl methyl sites for hydroxylation is 3. The van der Waals surface area contributed by atoms with E-state index in [9.17, 15) is 9.59 Å². The molecule has 1 amide bonds. The Labute approximate surface area is 250 Å². The van der Waals surface area contributed by atoms with Crippen molar-refractivity contribution < 1.29 is 9.53 Å². The first-order valence-corrected chi connectivity index (χ1v) is 15.3. The van der Waals surface area contributed by atoms with Crippen LogP contribution >= 0.6 is 0 Å². The molecule has 0 unspecified atom stereocenters. The van der Waals surface area contributed by atoms with E-state index in [0.29, 0.717) is 18.0 Å². The lowest BCUT2D eigenvalue weighted by Crippen LogP contribution is -2.39. The zero-order valence-electron chi connectivity index (χ0n) is 26.0. The summed E-state index contributed by atoms with van der Waals surface area (Å²) in [5.41, 5.74) is 9.98. The first-order chi connectivity index (χ1) is 20.3. The minimum absolute atomic E-state index is 0.133. The van der Waals surface area contributed by atoms with Crippen molar-refractivity contribution >= 4 is 12.1 Å². The summed E-state index contributed by atoms with van der Waals surface area (Å²) >= 11 is 0. The first-order valence-electron chi connectivity index (χ1n) is 15.3. The molecule has 0 bridgehead atoms. The van der Waals surface area contributed by atoms with Crippen LogP contribution in [0.3, 0.4) is 0 Å². The molecule has 2 aromatic heterocycles. The van der Waals surface area contributed by atoms with Gasteiger partial charge in [-0.05, 0) is 114 Å². The number of H-pyrrole nitrogens is 1. The predicted octanol–water partition coefficient (Wildman–Crippen LogP) is 5.20. The largest absolute Gasteiger partial charge is 0.381 e. The van der Waals surface area contributed by atoms with Crippen LogP contribution < -0.4 is 15.8 Å². The predicted molar refractivity (Wildman–Crippen MR) is 170 cm³/mol. The summed E-state index contributed by atoms with van der Waals surface area (Å²) in [6, 6.07) is 11.6. The van der Waals surface area contributed by atoms with Gasteiger partial charge in [-0.1, -0.05) is 12.1 Å². The zero-order valence-corrected chi connectivity index (χ0v) is 26.0. The van der Waals surface area contributed by atoms with E-state index < -0.39 is 0 Å². The summed E-state index contributed by atoms with van der Waals surface area (Å²) in [5, 5.41) is 2.47. The maximum Gasteiger partial charge on any atom is 0.253 e. The number of nitrogens with one attached hydrogen (secondary N) is 2. The lowest BCUT2D eigenvalue weighted by atomic mass is 9.97. The van der Waals surface area contributed by atoms with Crippen LogP contribution in [-0.4, -0.2) is 60.2 Å². The van der Waals surface area contributed by atoms with Gasteiger partial charge in [0.15, 0.2) is 0 Å². The van der Waals surface area contributed by atoms with Gasteiger partial charge in [0.2, 0.25) is 6.41 Å². The number of hydrogen-bond acceptors (Lipinski definition) is 6. The molecule has 226 valence electrons. The third-order valence-electron chi connectivity index (χ3n) is 8.52. The molecule has 2 saturated heterocycles. The zero-order chi connectivity index (χ0) is 30.1. The second-order valence-corrected chi connectivity index (χ2v) is 11.5. The van der Waals surface area contributed by atoms with Crippen molar-refractivity contribution in [3.8, 4) is 11.1 Å². The normalized spacial score (nSPS) is 15.6. The molecule has 8 nitrogen and oxygen atoms in total. The van der Waals surface area contributed by atoms with Gasteiger partial charge < -0.3 is 19.9 Å². The molecular weight excluding hydrogens is 526 g/mol. The Bertz CT molecular complexity index is 1370. The van der Waals surface area contributed by atoms with Gasteiger partial charge in [-0.25, -0.2) is 0 Å².